The molecule has 0 saturated carbocycles. The van der Waals surface area contributed by atoms with E-state index < -0.39 is 12.1 Å². The average Bonchev–Trinajstić information content (AvgIpc) is 2.70. The Morgan fingerprint density at radius 1 is 1.47 bits per heavy atom. The topological polar surface area (TPSA) is 79.7 Å². The van der Waals surface area contributed by atoms with E-state index in [-0.39, 0.29) is 29.6 Å². The molecule has 3 N–H and O–H groups in total. The summed E-state index contributed by atoms with van der Waals surface area (Å²) in [6.45, 7) is 1.67. The van der Waals surface area contributed by atoms with Gasteiger partial charge in [0.25, 0.3) is 0 Å². The quantitative estimate of drug-likeness (QED) is 0.478. The molecule has 1 aromatic heterocycles. The summed E-state index contributed by atoms with van der Waals surface area (Å²) >= 11 is 0. The number of hydrogen-bond acceptors (Lipinski definition) is 3. The van der Waals surface area contributed by atoms with E-state index in [4.69, 9.17) is 10.2 Å². The number of nitrogens with zero attached hydrogens (tertiary/aromatic N) is 1. The third-order valence-electron chi connectivity index (χ3n) is 2.55. The van der Waals surface area contributed by atoms with Crippen LogP contribution in [0, 0.1) is 0 Å². The van der Waals surface area contributed by atoms with Crippen molar-refractivity contribution in [3.8, 4) is 0 Å². The molecule has 1 aromatic carbocycles. The standard InChI is InChI=1S/C11H12N2O3.Na.H/c1-7(13(15)11(12)14)9-6-16-10-5-3-2-4-8(9)10;;/h2-7,15H,1H3,(H2,12,14);;. The van der Waals surface area contributed by atoms with Gasteiger partial charge in [0.05, 0.1) is 12.3 Å². The zero-order valence-corrected chi connectivity index (χ0v) is 8.75. The van der Waals surface area contributed by atoms with E-state index in [0.717, 1.165) is 10.9 Å². The number of carbonyl (C=O) groups excluding carboxylic acids is 1. The molecule has 86 valence electrons. The van der Waals surface area contributed by atoms with E-state index in [9.17, 15) is 10.0 Å². The van der Waals surface area contributed by atoms with Gasteiger partial charge in [-0.2, -0.15) is 5.06 Å². The van der Waals surface area contributed by atoms with E-state index in [0.29, 0.717) is 10.6 Å². The van der Waals surface area contributed by atoms with Crippen molar-refractivity contribution in [1.29, 1.82) is 0 Å². The van der Waals surface area contributed by atoms with Gasteiger partial charge in [-0.1, -0.05) is 18.2 Å². The van der Waals surface area contributed by atoms with Gasteiger partial charge in [-0.05, 0) is 13.0 Å². The Labute approximate surface area is 120 Å². The molecule has 0 saturated heterocycles. The van der Waals surface area contributed by atoms with Crippen LogP contribution in [0.5, 0.6) is 0 Å². The molecule has 0 bridgehead atoms. The predicted octanol–water partition coefficient (Wildman–Crippen LogP) is 1.62. The van der Waals surface area contributed by atoms with Crippen LogP contribution in [0.1, 0.15) is 18.5 Å². The van der Waals surface area contributed by atoms with Gasteiger partial charge in [0.1, 0.15) is 5.58 Å². The fraction of sp³-hybridized carbons (Fsp3) is 0.182. The molecule has 0 spiro atoms. The average molecular weight is 244 g/mol. The Hall–Kier alpha value is -1.01. The summed E-state index contributed by atoms with van der Waals surface area (Å²) < 4.78 is 5.31. The summed E-state index contributed by atoms with van der Waals surface area (Å²) in [6.07, 6.45) is 1.52. The van der Waals surface area contributed by atoms with Gasteiger partial charge in [0.15, 0.2) is 0 Å². The monoisotopic (exact) mass is 244 g/mol. The normalized spacial score (nSPS) is 11.9. The first-order valence-corrected chi connectivity index (χ1v) is 4.85. The summed E-state index contributed by atoms with van der Waals surface area (Å²) in [5.74, 6) is 0. The fourth-order valence-corrected chi connectivity index (χ4v) is 1.64. The summed E-state index contributed by atoms with van der Waals surface area (Å²) in [7, 11) is 0. The Morgan fingerprint density at radius 2 is 2.12 bits per heavy atom. The Bertz CT molecular complexity index is 526. The number of nitrogens with two attached hydrogens (primary N) is 1. The minimum atomic E-state index is -0.891. The van der Waals surface area contributed by atoms with Crippen LogP contribution in [0.25, 0.3) is 11.0 Å². The summed E-state index contributed by atoms with van der Waals surface area (Å²) in [5.41, 5.74) is 6.42. The van der Waals surface area contributed by atoms with Crippen molar-refractivity contribution < 1.29 is 14.4 Å². The Kier molecular flexibility index (Phi) is 4.59. The maximum atomic E-state index is 10.8. The van der Waals surface area contributed by atoms with Crippen LogP contribution in [-0.4, -0.2) is 45.9 Å². The molecule has 2 rings (SSSR count). The first-order valence-electron chi connectivity index (χ1n) is 4.85. The maximum absolute atomic E-state index is 10.8. The molecule has 0 fully saturated rings. The molecule has 0 radical (unpaired) electrons. The van der Waals surface area contributed by atoms with E-state index in [1.165, 1.54) is 6.26 Å². The number of urea groups is 1. The Morgan fingerprint density at radius 3 is 2.76 bits per heavy atom. The van der Waals surface area contributed by atoms with Gasteiger partial charge in [-0.25, -0.2) is 4.79 Å². The SMILES string of the molecule is CC(c1coc2ccccc12)N(O)C(N)=O.[NaH]. The molecular formula is C11H13N2NaO3. The van der Waals surface area contributed by atoms with Crippen molar-refractivity contribution in [3.63, 3.8) is 0 Å². The molecule has 0 aliphatic carbocycles. The number of carbonyl (C=O) groups is 1. The number of fused-ring (bicyclic) bond motifs is 1. The van der Waals surface area contributed by atoms with Crippen molar-refractivity contribution in [3.05, 3.63) is 36.1 Å². The molecule has 6 heteroatoms. The zero-order chi connectivity index (χ0) is 11.7. The van der Waals surface area contributed by atoms with Crippen LogP contribution in [0.15, 0.2) is 34.9 Å². The first kappa shape index (κ1) is 14.1. The number of hydroxylamine groups is 2. The number of primary amides is 1. The Balaban J connectivity index is 0.00000144. The third kappa shape index (κ3) is 2.63. The third-order valence-corrected chi connectivity index (χ3v) is 2.55. The van der Waals surface area contributed by atoms with Gasteiger partial charge in [0, 0.05) is 10.9 Å². The number of hydrogen-bond donors (Lipinski definition) is 2. The second kappa shape index (κ2) is 5.55. The van der Waals surface area contributed by atoms with Crippen LogP contribution in [0.3, 0.4) is 0 Å². The second-order valence-electron chi connectivity index (χ2n) is 3.55. The van der Waals surface area contributed by atoms with Crippen LogP contribution in [-0.2, 0) is 0 Å². The van der Waals surface area contributed by atoms with Gasteiger partial charge in [-0.3, -0.25) is 5.21 Å². The van der Waals surface area contributed by atoms with Crippen molar-refractivity contribution in [2.75, 3.05) is 0 Å². The molecular weight excluding hydrogens is 231 g/mol. The van der Waals surface area contributed by atoms with E-state index >= 15 is 0 Å². The number of furan rings is 1. The predicted molar refractivity (Wildman–Crippen MR) is 65.0 cm³/mol. The summed E-state index contributed by atoms with van der Waals surface area (Å²) in [4.78, 5) is 10.8. The molecule has 2 aromatic rings. The van der Waals surface area contributed by atoms with Crippen LogP contribution >= 0.6 is 0 Å². The minimum absolute atomic E-state index is 0. The molecule has 1 unspecified atom stereocenters. The molecule has 1 heterocycles. The van der Waals surface area contributed by atoms with E-state index in [2.05, 4.69) is 0 Å². The van der Waals surface area contributed by atoms with Gasteiger partial charge >= 0.3 is 35.6 Å². The molecule has 1 atom stereocenters. The summed E-state index contributed by atoms with van der Waals surface area (Å²) in [6, 6.07) is 5.96. The van der Waals surface area contributed by atoms with Gasteiger partial charge in [0.2, 0.25) is 0 Å². The number of benzene rings is 1. The van der Waals surface area contributed by atoms with E-state index in [1.807, 2.05) is 24.3 Å². The molecule has 0 aliphatic heterocycles. The summed E-state index contributed by atoms with van der Waals surface area (Å²) in [5, 5.41) is 10.8. The number of amides is 2. The second-order valence-corrected chi connectivity index (χ2v) is 3.55. The van der Waals surface area contributed by atoms with Crippen molar-refractivity contribution >= 4 is 46.6 Å². The van der Waals surface area contributed by atoms with Crippen LogP contribution < -0.4 is 5.73 Å². The molecule has 17 heavy (non-hydrogen) atoms. The van der Waals surface area contributed by atoms with Crippen molar-refractivity contribution in [2.24, 2.45) is 5.73 Å². The molecule has 0 aliphatic rings. The number of para-hydroxylation sites is 1. The van der Waals surface area contributed by atoms with Crippen LogP contribution in [0.4, 0.5) is 4.79 Å². The molecule has 2 amide bonds. The number of rotatable bonds is 2. The fourth-order valence-electron chi connectivity index (χ4n) is 1.64. The molecule has 5 nitrogen and oxygen atoms in total. The van der Waals surface area contributed by atoms with Crippen molar-refractivity contribution in [2.45, 2.75) is 13.0 Å². The van der Waals surface area contributed by atoms with Gasteiger partial charge < -0.3 is 10.2 Å². The van der Waals surface area contributed by atoms with Crippen molar-refractivity contribution in [1.82, 2.24) is 5.06 Å². The van der Waals surface area contributed by atoms with Gasteiger partial charge in [-0.15, -0.1) is 0 Å². The van der Waals surface area contributed by atoms with E-state index in [1.54, 1.807) is 6.92 Å². The first-order chi connectivity index (χ1) is 7.61. The van der Waals surface area contributed by atoms with Crippen LogP contribution in [0.2, 0.25) is 0 Å². The zero-order valence-electron chi connectivity index (χ0n) is 8.75.